The van der Waals surface area contributed by atoms with Crippen LogP contribution >= 0.6 is 11.3 Å². The molecule has 0 saturated heterocycles. The van der Waals surface area contributed by atoms with Gasteiger partial charge in [-0.2, -0.15) is 5.10 Å². The highest BCUT2D eigenvalue weighted by atomic mass is 32.1. The summed E-state index contributed by atoms with van der Waals surface area (Å²) in [5, 5.41) is 10.4. The molecule has 2 aromatic heterocycles. The van der Waals surface area contributed by atoms with Crippen LogP contribution in [0.2, 0.25) is 0 Å². The highest BCUT2D eigenvalue weighted by molar-refractivity contribution is 7.10. The van der Waals surface area contributed by atoms with Gasteiger partial charge < -0.3 is 5.32 Å². The topological polar surface area (TPSA) is 70.7 Å². The number of para-hydroxylation sites is 1. The van der Waals surface area contributed by atoms with Gasteiger partial charge >= 0.3 is 0 Å². The molecule has 0 aliphatic rings. The molecule has 0 radical (unpaired) electrons. The van der Waals surface area contributed by atoms with Crippen molar-refractivity contribution < 1.29 is 4.79 Å². The van der Waals surface area contributed by atoms with Crippen molar-refractivity contribution in [2.24, 2.45) is 0 Å². The smallest absolute Gasteiger partial charge is 0.277 e. The highest BCUT2D eigenvalue weighted by Crippen LogP contribution is 2.19. The molecule has 0 saturated carbocycles. The average Bonchev–Trinajstić information content (AvgIpc) is 2.96. The minimum absolute atomic E-state index is 0.249. The van der Waals surface area contributed by atoms with Crippen LogP contribution in [0.4, 0.5) is 5.82 Å². The summed E-state index contributed by atoms with van der Waals surface area (Å²) >= 11 is 1.49. The molecule has 1 aromatic carbocycles. The molecule has 3 aromatic rings. The van der Waals surface area contributed by atoms with Crippen LogP contribution in [0.1, 0.15) is 15.4 Å². The van der Waals surface area contributed by atoms with Crippen molar-refractivity contribution >= 4 is 34.0 Å². The number of benzene rings is 1. The number of aryl methyl sites for hydroxylation is 1. The molecule has 2 heterocycles. The molecule has 6 heteroatoms. The third kappa shape index (κ3) is 1.76. The molecule has 0 atom stereocenters. The van der Waals surface area contributed by atoms with E-state index in [0.717, 1.165) is 15.8 Å². The Balaban J connectivity index is 1.95. The lowest BCUT2D eigenvalue weighted by molar-refractivity contribution is 0.102. The fraction of sp³-hybridized carbons (Fsp3) is 0.0833. The SMILES string of the molecule is Cc1scnc1NC(=O)c1n[nH]c2ccccc12. The van der Waals surface area contributed by atoms with Crippen molar-refractivity contribution in [3.8, 4) is 0 Å². The first-order valence-electron chi connectivity index (χ1n) is 5.40. The minimum atomic E-state index is -0.249. The summed E-state index contributed by atoms with van der Waals surface area (Å²) in [7, 11) is 0. The summed E-state index contributed by atoms with van der Waals surface area (Å²) in [5.74, 6) is 0.346. The normalized spacial score (nSPS) is 10.7. The van der Waals surface area contributed by atoms with E-state index >= 15 is 0 Å². The van der Waals surface area contributed by atoms with Gasteiger partial charge in [0.2, 0.25) is 0 Å². The Morgan fingerprint density at radius 1 is 1.39 bits per heavy atom. The van der Waals surface area contributed by atoms with Crippen LogP contribution in [-0.4, -0.2) is 21.1 Å². The summed E-state index contributed by atoms with van der Waals surface area (Å²) in [5.41, 5.74) is 2.93. The molecule has 0 spiro atoms. The number of rotatable bonds is 2. The second kappa shape index (κ2) is 4.23. The second-order valence-electron chi connectivity index (χ2n) is 3.83. The number of hydrogen-bond donors (Lipinski definition) is 2. The number of carbonyl (C=O) groups is 1. The monoisotopic (exact) mass is 258 g/mol. The van der Waals surface area contributed by atoms with E-state index in [0.29, 0.717) is 11.5 Å². The van der Waals surface area contributed by atoms with Crippen LogP contribution < -0.4 is 5.32 Å². The molecule has 5 nitrogen and oxygen atoms in total. The van der Waals surface area contributed by atoms with E-state index < -0.39 is 0 Å². The number of aromatic amines is 1. The lowest BCUT2D eigenvalue weighted by Crippen LogP contribution is -2.13. The maximum absolute atomic E-state index is 12.1. The van der Waals surface area contributed by atoms with Crippen LogP contribution in [0.3, 0.4) is 0 Å². The van der Waals surface area contributed by atoms with Crippen LogP contribution in [-0.2, 0) is 0 Å². The Hall–Kier alpha value is -2.21. The van der Waals surface area contributed by atoms with Crippen molar-refractivity contribution in [3.63, 3.8) is 0 Å². The maximum Gasteiger partial charge on any atom is 0.277 e. The number of anilines is 1. The van der Waals surface area contributed by atoms with Crippen molar-refractivity contribution in [2.75, 3.05) is 5.32 Å². The van der Waals surface area contributed by atoms with E-state index in [9.17, 15) is 4.79 Å². The minimum Gasteiger partial charge on any atom is -0.304 e. The number of nitrogens with zero attached hydrogens (tertiary/aromatic N) is 2. The van der Waals surface area contributed by atoms with E-state index in [1.54, 1.807) is 5.51 Å². The molecule has 0 fully saturated rings. The van der Waals surface area contributed by atoms with Crippen molar-refractivity contribution in [3.05, 3.63) is 40.3 Å². The fourth-order valence-electron chi connectivity index (χ4n) is 1.73. The Bertz CT molecular complexity index is 716. The summed E-state index contributed by atoms with van der Waals surface area (Å²) in [6.45, 7) is 1.91. The standard InChI is InChI=1S/C12H10N4OS/c1-7-11(13-6-18-7)14-12(17)10-8-4-2-3-5-9(8)15-16-10/h2-6H,1H3,(H,14,17)(H,15,16). The van der Waals surface area contributed by atoms with Gasteiger partial charge in [0.15, 0.2) is 5.69 Å². The number of thiazole rings is 1. The van der Waals surface area contributed by atoms with E-state index in [1.807, 2.05) is 31.2 Å². The number of nitrogens with one attached hydrogen (secondary N) is 2. The predicted octanol–water partition coefficient (Wildman–Crippen LogP) is 2.58. The van der Waals surface area contributed by atoms with Gasteiger partial charge in [-0.25, -0.2) is 4.98 Å². The van der Waals surface area contributed by atoms with Crippen LogP contribution in [0.15, 0.2) is 29.8 Å². The summed E-state index contributed by atoms with van der Waals surface area (Å²) < 4.78 is 0. The zero-order chi connectivity index (χ0) is 12.5. The Labute approximate surface area is 107 Å². The first kappa shape index (κ1) is 10.9. The lowest BCUT2D eigenvalue weighted by Gasteiger charge is -2.00. The number of amides is 1. The fourth-order valence-corrected chi connectivity index (χ4v) is 2.26. The predicted molar refractivity (Wildman–Crippen MR) is 70.9 cm³/mol. The van der Waals surface area contributed by atoms with Gasteiger partial charge in [-0.05, 0) is 13.0 Å². The summed E-state index contributed by atoms with van der Waals surface area (Å²) in [6.07, 6.45) is 0. The van der Waals surface area contributed by atoms with Gasteiger partial charge in [-0.3, -0.25) is 9.89 Å². The Morgan fingerprint density at radius 3 is 3.00 bits per heavy atom. The van der Waals surface area contributed by atoms with Crippen LogP contribution in [0.5, 0.6) is 0 Å². The van der Waals surface area contributed by atoms with Crippen molar-refractivity contribution in [1.29, 1.82) is 0 Å². The third-order valence-corrected chi connectivity index (χ3v) is 3.42. The number of H-pyrrole nitrogens is 1. The molecule has 18 heavy (non-hydrogen) atoms. The molecular formula is C12H10N4OS. The highest BCUT2D eigenvalue weighted by Gasteiger charge is 2.15. The Morgan fingerprint density at radius 2 is 2.22 bits per heavy atom. The zero-order valence-corrected chi connectivity index (χ0v) is 10.4. The molecule has 0 bridgehead atoms. The molecule has 0 aliphatic carbocycles. The van der Waals surface area contributed by atoms with Crippen LogP contribution in [0, 0.1) is 6.92 Å². The molecule has 3 rings (SSSR count). The van der Waals surface area contributed by atoms with Crippen molar-refractivity contribution in [1.82, 2.24) is 15.2 Å². The first-order chi connectivity index (χ1) is 8.75. The molecule has 0 unspecified atom stereocenters. The molecule has 2 N–H and O–H groups in total. The van der Waals surface area contributed by atoms with Crippen molar-refractivity contribution in [2.45, 2.75) is 6.92 Å². The van der Waals surface area contributed by atoms with E-state index in [4.69, 9.17) is 0 Å². The van der Waals surface area contributed by atoms with Gasteiger partial charge in [0.05, 0.1) is 11.0 Å². The van der Waals surface area contributed by atoms with Gasteiger partial charge in [0.25, 0.3) is 5.91 Å². The number of aromatic nitrogens is 3. The van der Waals surface area contributed by atoms with Gasteiger partial charge in [-0.15, -0.1) is 11.3 Å². The first-order valence-corrected chi connectivity index (χ1v) is 6.28. The number of carbonyl (C=O) groups excluding carboxylic acids is 1. The summed E-state index contributed by atoms with van der Waals surface area (Å²) in [6, 6.07) is 7.52. The second-order valence-corrected chi connectivity index (χ2v) is 4.89. The number of fused-ring (bicyclic) bond motifs is 1. The lowest BCUT2D eigenvalue weighted by atomic mass is 10.2. The number of hydrogen-bond acceptors (Lipinski definition) is 4. The van der Waals surface area contributed by atoms with E-state index in [1.165, 1.54) is 11.3 Å². The third-order valence-electron chi connectivity index (χ3n) is 2.66. The zero-order valence-electron chi connectivity index (χ0n) is 9.60. The molecular weight excluding hydrogens is 248 g/mol. The molecule has 0 aliphatic heterocycles. The van der Waals surface area contributed by atoms with Gasteiger partial charge in [0, 0.05) is 10.3 Å². The largest absolute Gasteiger partial charge is 0.304 e. The molecule has 90 valence electrons. The van der Waals surface area contributed by atoms with Gasteiger partial charge in [-0.1, -0.05) is 18.2 Å². The average molecular weight is 258 g/mol. The van der Waals surface area contributed by atoms with Gasteiger partial charge in [0.1, 0.15) is 5.82 Å². The van der Waals surface area contributed by atoms with Crippen LogP contribution in [0.25, 0.3) is 10.9 Å². The van der Waals surface area contributed by atoms with E-state index in [2.05, 4.69) is 20.5 Å². The van der Waals surface area contributed by atoms with E-state index in [-0.39, 0.29) is 5.91 Å². The quantitative estimate of drug-likeness (QED) is 0.742. The molecule has 1 amide bonds. The summed E-state index contributed by atoms with van der Waals surface area (Å²) in [4.78, 5) is 17.2. The maximum atomic E-state index is 12.1. The Kier molecular flexibility index (Phi) is 2.56.